The van der Waals surface area contributed by atoms with Crippen LogP contribution >= 0.6 is 0 Å². The topological polar surface area (TPSA) is 103 Å². The van der Waals surface area contributed by atoms with Gasteiger partial charge in [-0.25, -0.2) is 9.48 Å². The fourth-order valence-corrected chi connectivity index (χ4v) is 2.21. The number of rotatable bonds is 2. The molecule has 1 fully saturated rings. The van der Waals surface area contributed by atoms with Crippen LogP contribution in [0.15, 0.2) is 6.20 Å². The van der Waals surface area contributed by atoms with Crippen LogP contribution in [0, 0.1) is 0 Å². The summed E-state index contributed by atoms with van der Waals surface area (Å²) in [6.45, 7) is 6.71. The molecule has 0 aliphatic carbocycles. The van der Waals surface area contributed by atoms with Gasteiger partial charge in [-0.3, -0.25) is 4.79 Å². The Kier molecular flexibility index (Phi) is 4.15. The second kappa shape index (κ2) is 5.71. The molecule has 1 aromatic rings. The van der Waals surface area contributed by atoms with Gasteiger partial charge in [0.1, 0.15) is 5.60 Å². The summed E-state index contributed by atoms with van der Waals surface area (Å²) in [4.78, 5) is 24.7. The number of aromatic nitrogens is 3. The maximum atomic E-state index is 12.0. The van der Waals surface area contributed by atoms with Crippen LogP contribution in [0.1, 0.15) is 50.1 Å². The summed E-state index contributed by atoms with van der Waals surface area (Å²) >= 11 is 0. The van der Waals surface area contributed by atoms with E-state index in [1.807, 2.05) is 20.8 Å². The van der Waals surface area contributed by atoms with E-state index in [0.29, 0.717) is 13.1 Å². The molecule has 1 saturated heterocycles. The van der Waals surface area contributed by atoms with Crippen molar-refractivity contribution in [1.82, 2.24) is 19.9 Å². The first-order valence-electron chi connectivity index (χ1n) is 6.96. The third-order valence-corrected chi connectivity index (χ3v) is 3.25. The van der Waals surface area contributed by atoms with Crippen LogP contribution in [0.3, 0.4) is 0 Å². The lowest BCUT2D eigenvalue weighted by Gasteiger charge is -2.33. The number of nitrogens with two attached hydrogens (primary N) is 1. The smallest absolute Gasteiger partial charge is 0.410 e. The first-order chi connectivity index (χ1) is 9.76. The number of amides is 2. The molecule has 116 valence electrons. The molecule has 0 bridgehead atoms. The number of hydrogen-bond donors (Lipinski definition) is 1. The van der Waals surface area contributed by atoms with Gasteiger partial charge in [-0.15, -0.1) is 5.10 Å². The van der Waals surface area contributed by atoms with Gasteiger partial charge in [0.2, 0.25) is 0 Å². The van der Waals surface area contributed by atoms with Gasteiger partial charge < -0.3 is 15.4 Å². The Labute approximate surface area is 123 Å². The quantitative estimate of drug-likeness (QED) is 0.874. The van der Waals surface area contributed by atoms with E-state index in [4.69, 9.17) is 10.5 Å². The molecule has 0 unspecified atom stereocenters. The molecule has 21 heavy (non-hydrogen) atoms. The molecular weight excluding hydrogens is 274 g/mol. The first-order valence-corrected chi connectivity index (χ1v) is 6.96. The molecule has 0 radical (unpaired) electrons. The van der Waals surface area contributed by atoms with Crippen LogP contribution in [0.25, 0.3) is 0 Å². The molecular formula is C13H21N5O3. The van der Waals surface area contributed by atoms with Gasteiger partial charge in [0, 0.05) is 13.1 Å². The summed E-state index contributed by atoms with van der Waals surface area (Å²) in [7, 11) is 0. The van der Waals surface area contributed by atoms with E-state index in [9.17, 15) is 9.59 Å². The zero-order valence-corrected chi connectivity index (χ0v) is 12.6. The second-order valence-electron chi connectivity index (χ2n) is 6.15. The minimum atomic E-state index is -0.590. The molecule has 1 aromatic heterocycles. The number of primary amides is 1. The lowest BCUT2D eigenvalue weighted by atomic mass is 10.1. The average Bonchev–Trinajstić information content (AvgIpc) is 2.86. The molecule has 8 heteroatoms. The first kappa shape index (κ1) is 15.3. The lowest BCUT2D eigenvalue weighted by Crippen LogP contribution is -2.42. The molecule has 0 saturated carbocycles. The predicted octanol–water partition coefficient (Wildman–Crippen LogP) is 0.949. The summed E-state index contributed by atoms with van der Waals surface area (Å²) < 4.78 is 6.99. The SMILES string of the molecule is CC(C)(C)OC(=O)N1CCC(n2cc(C(N)=O)nn2)CC1. The van der Waals surface area contributed by atoms with Gasteiger partial charge in [0.05, 0.1) is 12.2 Å². The Hall–Kier alpha value is -2.12. The normalized spacial score (nSPS) is 16.8. The number of nitrogens with zero attached hydrogens (tertiary/aromatic N) is 4. The van der Waals surface area contributed by atoms with Crippen molar-refractivity contribution in [2.45, 2.75) is 45.3 Å². The molecule has 2 heterocycles. The lowest BCUT2D eigenvalue weighted by molar-refractivity contribution is 0.0184. The Morgan fingerprint density at radius 3 is 2.43 bits per heavy atom. The van der Waals surface area contributed by atoms with Crippen LogP contribution in [0.2, 0.25) is 0 Å². The van der Waals surface area contributed by atoms with Gasteiger partial charge in [0.15, 0.2) is 5.69 Å². The van der Waals surface area contributed by atoms with Crippen molar-refractivity contribution in [3.05, 3.63) is 11.9 Å². The molecule has 2 amide bonds. The highest BCUT2D eigenvalue weighted by molar-refractivity contribution is 5.90. The van der Waals surface area contributed by atoms with Gasteiger partial charge in [-0.1, -0.05) is 5.21 Å². The van der Waals surface area contributed by atoms with Crippen molar-refractivity contribution < 1.29 is 14.3 Å². The maximum absolute atomic E-state index is 12.0. The minimum absolute atomic E-state index is 0.115. The molecule has 2 rings (SSSR count). The molecule has 1 aliphatic heterocycles. The summed E-state index contributed by atoms with van der Waals surface area (Å²) in [6, 6.07) is 0.115. The van der Waals surface area contributed by atoms with E-state index >= 15 is 0 Å². The molecule has 8 nitrogen and oxygen atoms in total. The van der Waals surface area contributed by atoms with E-state index in [-0.39, 0.29) is 17.8 Å². The van der Waals surface area contributed by atoms with Crippen LogP contribution in [-0.4, -0.2) is 50.6 Å². The van der Waals surface area contributed by atoms with E-state index in [2.05, 4.69) is 10.3 Å². The number of piperidine rings is 1. The van der Waals surface area contributed by atoms with E-state index in [1.165, 1.54) is 0 Å². The largest absolute Gasteiger partial charge is 0.444 e. The van der Waals surface area contributed by atoms with Crippen LogP contribution in [-0.2, 0) is 4.74 Å². The minimum Gasteiger partial charge on any atom is -0.444 e. The van der Waals surface area contributed by atoms with Crippen molar-refractivity contribution in [2.24, 2.45) is 5.73 Å². The standard InChI is InChI=1S/C13H21N5O3/c1-13(2,3)21-12(20)17-6-4-9(5-7-17)18-8-10(11(14)19)15-16-18/h8-9H,4-7H2,1-3H3,(H2,14,19). The number of ether oxygens (including phenoxy) is 1. The number of likely N-dealkylation sites (tertiary alicyclic amines) is 1. The Morgan fingerprint density at radius 2 is 1.95 bits per heavy atom. The highest BCUT2D eigenvalue weighted by Crippen LogP contribution is 2.23. The van der Waals surface area contributed by atoms with Crippen molar-refractivity contribution in [1.29, 1.82) is 0 Å². The average molecular weight is 295 g/mol. The predicted molar refractivity (Wildman–Crippen MR) is 74.6 cm³/mol. The van der Waals surface area contributed by atoms with Crippen LogP contribution in [0.4, 0.5) is 4.79 Å². The van der Waals surface area contributed by atoms with Gasteiger partial charge in [0.25, 0.3) is 5.91 Å². The maximum Gasteiger partial charge on any atom is 0.410 e. The molecule has 1 aliphatic rings. The number of carbonyl (C=O) groups is 2. The molecule has 2 N–H and O–H groups in total. The monoisotopic (exact) mass is 295 g/mol. The summed E-state index contributed by atoms with van der Waals surface area (Å²) in [5, 5.41) is 7.65. The second-order valence-corrected chi connectivity index (χ2v) is 6.15. The number of carbonyl (C=O) groups excluding carboxylic acids is 2. The third kappa shape index (κ3) is 3.93. The van der Waals surface area contributed by atoms with Gasteiger partial charge >= 0.3 is 6.09 Å². The zero-order valence-electron chi connectivity index (χ0n) is 12.6. The number of hydrogen-bond acceptors (Lipinski definition) is 5. The van der Waals surface area contributed by atoms with Gasteiger partial charge in [-0.05, 0) is 33.6 Å². The van der Waals surface area contributed by atoms with Crippen LogP contribution < -0.4 is 5.73 Å². The van der Waals surface area contributed by atoms with Crippen molar-refractivity contribution >= 4 is 12.0 Å². The Balaban J connectivity index is 1.90. The molecule has 0 atom stereocenters. The Bertz CT molecular complexity index is 526. The Morgan fingerprint density at radius 1 is 1.33 bits per heavy atom. The third-order valence-electron chi connectivity index (χ3n) is 3.25. The van der Waals surface area contributed by atoms with Crippen LogP contribution in [0.5, 0.6) is 0 Å². The zero-order chi connectivity index (χ0) is 15.6. The van der Waals surface area contributed by atoms with E-state index < -0.39 is 11.5 Å². The fourth-order valence-electron chi connectivity index (χ4n) is 2.21. The highest BCUT2D eigenvalue weighted by atomic mass is 16.6. The summed E-state index contributed by atoms with van der Waals surface area (Å²) in [6.07, 6.45) is 2.73. The highest BCUT2D eigenvalue weighted by Gasteiger charge is 2.28. The molecule has 0 aromatic carbocycles. The van der Waals surface area contributed by atoms with Crippen molar-refractivity contribution in [3.8, 4) is 0 Å². The van der Waals surface area contributed by atoms with E-state index in [1.54, 1.807) is 15.8 Å². The summed E-state index contributed by atoms with van der Waals surface area (Å²) in [5.74, 6) is -0.590. The fraction of sp³-hybridized carbons (Fsp3) is 0.692. The van der Waals surface area contributed by atoms with Crippen molar-refractivity contribution in [3.63, 3.8) is 0 Å². The van der Waals surface area contributed by atoms with Crippen molar-refractivity contribution in [2.75, 3.05) is 13.1 Å². The molecule has 0 spiro atoms. The summed E-state index contributed by atoms with van der Waals surface area (Å²) in [5.41, 5.74) is 4.82. The van der Waals surface area contributed by atoms with Gasteiger partial charge in [-0.2, -0.15) is 0 Å². The van der Waals surface area contributed by atoms with E-state index in [0.717, 1.165) is 12.8 Å².